The van der Waals surface area contributed by atoms with Gasteiger partial charge in [-0.15, -0.1) is 11.3 Å². The van der Waals surface area contributed by atoms with Crippen LogP contribution in [-0.2, 0) is 13.0 Å². The minimum atomic E-state index is 1.08. The zero-order valence-corrected chi connectivity index (χ0v) is 7.63. The average Bonchev–Trinajstić information content (AvgIpc) is 2.17. The largest absolute Gasteiger partial charge is 0.313 e. The van der Waals surface area contributed by atoms with E-state index >= 15 is 0 Å². The van der Waals surface area contributed by atoms with Crippen molar-refractivity contribution < 1.29 is 0 Å². The summed E-state index contributed by atoms with van der Waals surface area (Å²) in [4.78, 5) is 3.06. The van der Waals surface area contributed by atoms with Gasteiger partial charge in [-0.05, 0) is 37.9 Å². The zero-order valence-electron chi connectivity index (χ0n) is 6.81. The summed E-state index contributed by atoms with van der Waals surface area (Å²) in [5.74, 6) is 0. The van der Waals surface area contributed by atoms with Gasteiger partial charge >= 0.3 is 0 Å². The highest BCUT2D eigenvalue weighted by molar-refractivity contribution is 7.12. The molecule has 1 aromatic heterocycles. The molecular weight excluding hydrogens is 154 g/mol. The molecule has 1 nitrogen and oxygen atoms in total. The van der Waals surface area contributed by atoms with Crippen LogP contribution in [0.3, 0.4) is 0 Å². The molecule has 2 heteroatoms. The molecule has 0 saturated carbocycles. The minimum Gasteiger partial charge on any atom is -0.313 e. The molecule has 11 heavy (non-hydrogen) atoms. The number of hydrogen-bond acceptors (Lipinski definition) is 2. The Hall–Kier alpha value is -0.340. The zero-order chi connectivity index (χ0) is 7.68. The first kappa shape index (κ1) is 7.32. The summed E-state index contributed by atoms with van der Waals surface area (Å²) in [6, 6.07) is 2.32. The fraction of sp³-hybridized carbons (Fsp3) is 0.556. The van der Waals surface area contributed by atoms with Crippen LogP contribution in [0.5, 0.6) is 0 Å². The number of fused-ring (bicyclic) bond motifs is 1. The maximum atomic E-state index is 3.42. The van der Waals surface area contributed by atoms with Crippen LogP contribution in [0, 0.1) is 6.92 Å². The lowest BCUT2D eigenvalue weighted by Crippen LogP contribution is -2.11. The third kappa shape index (κ3) is 1.47. The molecule has 0 aliphatic carbocycles. The second-order valence-electron chi connectivity index (χ2n) is 3.09. The molecule has 0 aromatic carbocycles. The minimum absolute atomic E-state index is 1.08. The number of aryl methyl sites for hydroxylation is 2. The molecule has 2 rings (SSSR count). The van der Waals surface area contributed by atoms with Gasteiger partial charge in [0.1, 0.15) is 0 Å². The van der Waals surface area contributed by atoms with E-state index in [9.17, 15) is 0 Å². The van der Waals surface area contributed by atoms with Crippen LogP contribution >= 0.6 is 11.3 Å². The van der Waals surface area contributed by atoms with E-state index in [2.05, 4.69) is 18.3 Å². The van der Waals surface area contributed by atoms with E-state index in [4.69, 9.17) is 0 Å². The van der Waals surface area contributed by atoms with E-state index in [1.54, 1.807) is 4.88 Å². The van der Waals surface area contributed by atoms with Gasteiger partial charge in [0.2, 0.25) is 0 Å². The quantitative estimate of drug-likeness (QED) is 0.624. The van der Waals surface area contributed by atoms with Crippen molar-refractivity contribution >= 4 is 11.3 Å². The summed E-state index contributed by atoms with van der Waals surface area (Å²) in [5.41, 5.74) is 1.53. The number of thiophene rings is 1. The fourth-order valence-corrected chi connectivity index (χ4v) is 2.67. The average molecular weight is 167 g/mol. The van der Waals surface area contributed by atoms with Crippen molar-refractivity contribution in [3.63, 3.8) is 0 Å². The molecule has 0 amide bonds. The van der Waals surface area contributed by atoms with Gasteiger partial charge in [0.05, 0.1) is 0 Å². The maximum Gasteiger partial charge on any atom is 0.0216 e. The Morgan fingerprint density at radius 3 is 3.36 bits per heavy atom. The molecule has 1 aliphatic rings. The smallest absolute Gasteiger partial charge is 0.0216 e. The molecule has 0 radical (unpaired) electrons. The fourth-order valence-electron chi connectivity index (χ4n) is 1.57. The van der Waals surface area contributed by atoms with Crippen LogP contribution in [-0.4, -0.2) is 6.54 Å². The van der Waals surface area contributed by atoms with Crippen molar-refractivity contribution in [1.29, 1.82) is 0 Å². The van der Waals surface area contributed by atoms with Gasteiger partial charge in [0.15, 0.2) is 0 Å². The first-order chi connectivity index (χ1) is 5.36. The van der Waals surface area contributed by atoms with Crippen LogP contribution in [0.25, 0.3) is 0 Å². The van der Waals surface area contributed by atoms with Gasteiger partial charge < -0.3 is 5.32 Å². The highest BCUT2D eigenvalue weighted by Crippen LogP contribution is 2.24. The summed E-state index contributed by atoms with van der Waals surface area (Å²) >= 11 is 1.96. The lowest BCUT2D eigenvalue weighted by molar-refractivity contribution is 0.681. The van der Waals surface area contributed by atoms with Crippen LogP contribution in [0.2, 0.25) is 0 Å². The van der Waals surface area contributed by atoms with Crippen molar-refractivity contribution in [2.45, 2.75) is 26.3 Å². The normalized spacial score (nSPS) is 17.5. The van der Waals surface area contributed by atoms with Gasteiger partial charge in [-0.1, -0.05) is 0 Å². The first-order valence-electron chi connectivity index (χ1n) is 4.15. The summed E-state index contributed by atoms with van der Waals surface area (Å²) in [6.45, 7) is 4.46. The standard InChI is InChI=1S/C9H13NS/c1-7-5-8-6-10-4-2-3-9(8)11-7/h5,10H,2-4,6H2,1H3. The van der Waals surface area contributed by atoms with Crippen molar-refractivity contribution in [3.8, 4) is 0 Å². The molecule has 0 spiro atoms. The van der Waals surface area contributed by atoms with Crippen LogP contribution < -0.4 is 5.32 Å². The Morgan fingerprint density at radius 2 is 2.45 bits per heavy atom. The third-order valence-electron chi connectivity index (χ3n) is 2.09. The summed E-state index contributed by atoms with van der Waals surface area (Å²) in [5, 5.41) is 3.42. The second-order valence-corrected chi connectivity index (χ2v) is 4.43. The SMILES string of the molecule is Cc1cc2c(s1)CCCNC2. The molecule has 60 valence electrons. The lowest BCUT2D eigenvalue weighted by Gasteiger charge is -1.95. The summed E-state index contributed by atoms with van der Waals surface area (Å²) in [7, 11) is 0. The molecule has 0 unspecified atom stereocenters. The topological polar surface area (TPSA) is 12.0 Å². The van der Waals surface area contributed by atoms with Gasteiger partial charge in [-0.25, -0.2) is 0 Å². The number of hydrogen-bond donors (Lipinski definition) is 1. The Morgan fingerprint density at radius 1 is 1.55 bits per heavy atom. The highest BCUT2D eigenvalue weighted by Gasteiger charge is 2.09. The highest BCUT2D eigenvalue weighted by atomic mass is 32.1. The van der Waals surface area contributed by atoms with Crippen molar-refractivity contribution in [2.75, 3.05) is 6.54 Å². The van der Waals surface area contributed by atoms with Crippen molar-refractivity contribution in [3.05, 3.63) is 21.4 Å². The Balaban J connectivity index is 2.32. The monoisotopic (exact) mass is 167 g/mol. The third-order valence-corrected chi connectivity index (χ3v) is 3.25. The van der Waals surface area contributed by atoms with Crippen molar-refractivity contribution in [2.24, 2.45) is 0 Å². The maximum absolute atomic E-state index is 3.42. The van der Waals surface area contributed by atoms with E-state index in [0.29, 0.717) is 0 Å². The Kier molecular flexibility index (Phi) is 1.96. The van der Waals surface area contributed by atoms with E-state index in [0.717, 1.165) is 6.54 Å². The van der Waals surface area contributed by atoms with E-state index in [1.165, 1.54) is 29.8 Å². The van der Waals surface area contributed by atoms with E-state index in [-0.39, 0.29) is 0 Å². The lowest BCUT2D eigenvalue weighted by atomic mass is 10.2. The van der Waals surface area contributed by atoms with Crippen LogP contribution in [0.1, 0.15) is 21.7 Å². The van der Waals surface area contributed by atoms with Gasteiger partial charge in [0, 0.05) is 16.3 Å². The van der Waals surface area contributed by atoms with Crippen LogP contribution in [0.15, 0.2) is 6.07 Å². The number of rotatable bonds is 0. The summed E-state index contributed by atoms with van der Waals surface area (Å²) < 4.78 is 0. The van der Waals surface area contributed by atoms with E-state index < -0.39 is 0 Å². The molecule has 2 heterocycles. The Labute approximate surface area is 71.4 Å². The second kappa shape index (κ2) is 2.95. The molecular formula is C9H13NS. The van der Waals surface area contributed by atoms with Gasteiger partial charge in [-0.3, -0.25) is 0 Å². The Bertz CT molecular complexity index is 229. The molecule has 1 aliphatic heterocycles. The van der Waals surface area contributed by atoms with Crippen molar-refractivity contribution in [1.82, 2.24) is 5.32 Å². The number of nitrogens with one attached hydrogen (secondary N) is 1. The molecule has 0 fully saturated rings. The van der Waals surface area contributed by atoms with Gasteiger partial charge in [0.25, 0.3) is 0 Å². The molecule has 0 atom stereocenters. The first-order valence-corrected chi connectivity index (χ1v) is 4.97. The molecule has 1 N–H and O–H groups in total. The molecule has 0 saturated heterocycles. The van der Waals surface area contributed by atoms with E-state index in [1.807, 2.05) is 11.3 Å². The summed E-state index contributed by atoms with van der Waals surface area (Å²) in [6.07, 6.45) is 2.58. The molecule has 1 aromatic rings. The predicted molar refractivity (Wildman–Crippen MR) is 49.1 cm³/mol. The van der Waals surface area contributed by atoms with Crippen LogP contribution in [0.4, 0.5) is 0 Å². The van der Waals surface area contributed by atoms with Gasteiger partial charge in [-0.2, -0.15) is 0 Å². The molecule has 0 bridgehead atoms. The predicted octanol–water partition coefficient (Wildman–Crippen LogP) is 2.09.